The van der Waals surface area contributed by atoms with Crippen LogP contribution in [-0.4, -0.2) is 25.9 Å². The van der Waals surface area contributed by atoms with Crippen LogP contribution in [0.25, 0.3) is 77.9 Å². The van der Waals surface area contributed by atoms with Crippen LogP contribution in [0.4, 0.5) is 0 Å². The first-order valence-electron chi connectivity index (χ1n) is 19.7. The van der Waals surface area contributed by atoms with Crippen LogP contribution in [-0.2, 0) is 0 Å². The fourth-order valence-electron chi connectivity index (χ4n) is 8.44. The first-order chi connectivity index (χ1) is 27.0. The molecule has 0 radical (unpaired) electrons. The molecule has 3 heterocycles. The van der Waals surface area contributed by atoms with Crippen LogP contribution >= 0.6 is 0 Å². The summed E-state index contributed by atoms with van der Waals surface area (Å²) in [4.78, 5) is 0. The zero-order valence-corrected chi connectivity index (χ0v) is 31.8. The molecule has 9 rings (SSSR count). The topological polar surface area (TPSA) is 58.0 Å². The van der Waals surface area contributed by atoms with Gasteiger partial charge in [-0.25, -0.2) is 0 Å². The lowest BCUT2D eigenvalue weighted by molar-refractivity contribution is 0.300. The number of unbranched alkanes of at least 4 members (excludes halogenated alkanes) is 2. The molecule has 0 saturated carbocycles. The third-order valence-electron chi connectivity index (χ3n) is 10.8. The predicted octanol–water partition coefficient (Wildman–Crippen LogP) is 13.2. The van der Waals surface area contributed by atoms with Crippen molar-refractivity contribution >= 4 is 43.6 Å². The molecule has 0 amide bonds. The summed E-state index contributed by atoms with van der Waals surface area (Å²) in [7, 11) is 0. The summed E-state index contributed by atoms with van der Waals surface area (Å²) in [6.45, 7) is 7.68. The van der Waals surface area contributed by atoms with Crippen LogP contribution in [0.1, 0.15) is 52.9 Å². The molecule has 0 fully saturated rings. The second kappa shape index (κ2) is 14.9. The lowest BCUT2D eigenvalue weighted by Crippen LogP contribution is -2.01. The van der Waals surface area contributed by atoms with Gasteiger partial charge in [-0.2, -0.15) is 0 Å². The standard InChI is InChI=1S/C49H46N4O2/c1-33(2)28-34(3)16-5-4-14-27-54-39-18-15-17-35(31-39)48-50-51-49(55-48)36-29-37(52-44-23-10-6-19-40(44)41-20-7-11-24-45(41)52)32-38(30-36)53-46-25-12-8-21-42(46)43-22-9-13-26-47(43)53/h6-13,15,17-26,29-34H,4-5,14,16,27-28H2,1-3H3. The molecular weight excluding hydrogens is 677 g/mol. The third-order valence-corrected chi connectivity index (χ3v) is 10.8. The van der Waals surface area contributed by atoms with Gasteiger partial charge in [0.1, 0.15) is 5.75 Å². The predicted molar refractivity (Wildman–Crippen MR) is 226 cm³/mol. The molecule has 6 heteroatoms. The minimum atomic E-state index is 0.456. The number of hydrogen-bond acceptors (Lipinski definition) is 4. The number of nitrogens with zero attached hydrogens (tertiary/aromatic N) is 4. The molecule has 3 aromatic heterocycles. The van der Waals surface area contributed by atoms with Gasteiger partial charge in [0.2, 0.25) is 11.8 Å². The van der Waals surface area contributed by atoms with E-state index in [1.165, 1.54) is 47.2 Å². The van der Waals surface area contributed by atoms with E-state index >= 15 is 0 Å². The van der Waals surface area contributed by atoms with Crippen molar-refractivity contribution in [1.29, 1.82) is 0 Å². The first kappa shape index (κ1) is 34.6. The Morgan fingerprint density at radius 3 is 1.56 bits per heavy atom. The van der Waals surface area contributed by atoms with E-state index in [-0.39, 0.29) is 0 Å². The quantitative estimate of drug-likeness (QED) is 0.111. The summed E-state index contributed by atoms with van der Waals surface area (Å²) < 4.78 is 17.4. The average Bonchev–Trinajstić information content (AvgIpc) is 3.92. The molecule has 0 spiro atoms. The van der Waals surface area contributed by atoms with Gasteiger partial charge in [0.25, 0.3) is 0 Å². The zero-order valence-electron chi connectivity index (χ0n) is 31.8. The summed E-state index contributed by atoms with van der Waals surface area (Å²) in [5.74, 6) is 3.28. The number of benzene rings is 6. The van der Waals surface area contributed by atoms with Crippen LogP contribution in [0.3, 0.4) is 0 Å². The number of ether oxygens (including phenoxy) is 1. The average molecular weight is 723 g/mol. The minimum absolute atomic E-state index is 0.456. The third kappa shape index (κ3) is 6.78. The van der Waals surface area contributed by atoms with Gasteiger partial charge in [0.15, 0.2) is 0 Å². The van der Waals surface area contributed by atoms with Crippen molar-refractivity contribution in [2.75, 3.05) is 6.61 Å². The monoisotopic (exact) mass is 722 g/mol. The molecule has 0 N–H and O–H groups in total. The van der Waals surface area contributed by atoms with Crippen molar-refractivity contribution in [2.24, 2.45) is 11.8 Å². The van der Waals surface area contributed by atoms with Gasteiger partial charge in [-0.1, -0.05) is 119 Å². The summed E-state index contributed by atoms with van der Waals surface area (Å²) in [5.41, 5.74) is 8.24. The largest absolute Gasteiger partial charge is 0.494 e. The molecule has 0 bridgehead atoms. The van der Waals surface area contributed by atoms with Gasteiger partial charge in [0.05, 0.1) is 28.7 Å². The molecule has 55 heavy (non-hydrogen) atoms. The maximum atomic E-state index is 6.52. The maximum absolute atomic E-state index is 6.52. The lowest BCUT2D eigenvalue weighted by atomic mass is 9.94. The van der Waals surface area contributed by atoms with Gasteiger partial charge in [0, 0.05) is 44.0 Å². The van der Waals surface area contributed by atoms with Gasteiger partial charge >= 0.3 is 0 Å². The van der Waals surface area contributed by atoms with E-state index in [1.54, 1.807) is 0 Å². The Morgan fingerprint density at radius 1 is 0.527 bits per heavy atom. The van der Waals surface area contributed by atoms with E-state index in [0.717, 1.165) is 68.6 Å². The van der Waals surface area contributed by atoms with Crippen LogP contribution < -0.4 is 4.74 Å². The van der Waals surface area contributed by atoms with Crippen LogP contribution in [0, 0.1) is 11.8 Å². The molecule has 0 saturated heterocycles. The van der Waals surface area contributed by atoms with Crippen LogP contribution in [0.2, 0.25) is 0 Å². The molecule has 1 unspecified atom stereocenters. The highest BCUT2D eigenvalue weighted by atomic mass is 16.5. The number of rotatable bonds is 13. The van der Waals surface area contributed by atoms with Gasteiger partial charge in [-0.3, -0.25) is 0 Å². The molecule has 274 valence electrons. The highest BCUT2D eigenvalue weighted by Crippen LogP contribution is 2.38. The Kier molecular flexibility index (Phi) is 9.41. The van der Waals surface area contributed by atoms with E-state index in [0.29, 0.717) is 18.4 Å². The molecular formula is C49H46N4O2. The fraction of sp³-hybridized carbons (Fsp3) is 0.224. The van der Waals surface area contributed by atoms with Crippen molar-refractivity contribution in [3.8, 4) is 40.0 Å². The van der Waals surface area contributed by atoms with Gasteiger partial charge in [-0.05, 0) is 85.3 Å². The van der Waals surface area contributed by atoms with Gasteiger partial charge < -0.3 is 18.3 Å². The SMILES string of the molecule is CC(C)CC(C)CCCCCOc1cccc(-c2nnc(-c3cc(-n4c5ccccc5c5ccccc54)cc(-n4c5ccccc5c5ccccc54)c3)o2)c1. The minimum Gasteiger partial charge on any atom is -0.494 e. The van der Waals surface area contributed by atoms with E-state index in [4.69, 9.17) is 9.15 Å². The second-order valence-corrected chi connectivity index (χ2v) is 15.4. The highest BCUT2D eigenvalue weighted by Gasteiger charge is 2.19. The lowest BCUT2D eigenvalue weighted by Gasteiger charge is -2.14. The van der Waals surface area contributed by atoms with Crippen molar-refractivity contribution in [3.05, 3.63) is 140 Å². The molecule has 0 aliphatic carbocycles. The van der Waals surface area contributed by atoms with E-state index in [9.17, 15) is 0 Å². The van der Waals surface area contributed by atoms with Crippen molar-refractivity contribution in [2.45, 2.75) is 52.9 Å². The fourth-order valence-corrected chi connectivity index (χ4v) is 8.44. The summed E-state index contributed by atoms with van der Waals surface area (Å²) in [6.07, 6.45) is 6.06. The molecule has 0 aliphatic heterocycles. The molecule has 0 aliphatic rings. The summed E-state index contributed by atoms with van der Waals surface area (Å²) in [6, 6.07) is 49.0. The van der Waals surface area contributed by atoms with Gasteiger partial charge in [-0.15, -0.1) is 10.2 Å². The number of para-hydroxylation sites is 4. The Balaban J connectivity index is 1.08. The van der Waals surface area contributed by atoms with E-state index in [1.807, 2.05) is 24.3 Å². The molecule has 9 aromatic rings. The van der Waals surface area contributed by atoms with Crippen LogP contribution in [0.5, 0.6) is 5.75 Å². The Labute approximate surface area is 322 Å². The maximum Gasteiger partial charge on any atom is 0.248 e. The molecule has 1 atom stereocenters. The number of hydrogen-bond donors (Lipinski definition) is 0. The number of aromatic nitrogens is 4. The van der Waals surface area contributed by atoms with E-state index < -0.39 is 0 Å². The Morgan fingerprint density at radius 2 is 1.04 bits per heavy atom. The Bertz CT molecular complexity index is 2530. The van der Waals surface area contributed by atoms with Crippen molar-refractivity contribution < 1.29 is 9.15 Å². The van der Waals surface area contributed by atoms with Crippen molar-refractivity contribution in [3.63, 3.8) is 0 Å². The summed E-state index contributed by atoms with van der Waals surface area (Å²) in [5, 5.41) is 14.0. The smallest absolute Gasteiger partial charge is 0.248 e. The highest BCUT2D eigenvalue weighted by molar-refractivity contribution is 6.10. The first-order valence-corrected chi connectivity index (χ1v) is 19.7. The molecule has 6 aromatic carbocycles. The molecule has 6 nitrogen and oxygen atoms in total. The summed E-state index contributed by atoms with van der Waals surface area (Å²) >= 11 is 0. The normalized spacial score (nSPS) is 12.4. The van der Waals surface area contributed by atoms with Crippen LogP contribution in [0.15, 0.2) is 144 Å². The van der Waals surface area contributed by atoms with E-state index in [2.05, 4.69) is 155 Å². The Hall–Kier alpha value is -6.14. The van der Waals surface area contributed by atoms with Crippen molar-refractivity contribution in [1.82, 2.24) is 19.3 Å². The zero-order chi connectivity index (χ0) is 37.3. The second-order valence-electron chi connectivity index (χ2n) is 15.4. The number of fused-ring (bicyclic) bond motifs is 6.